The van der Waals surface area contributed by atoms with E-state index >= 15 is 0 Å². The van der Waals surface area contributed by atoms with E-state index in [1.807, 2.05) is 13.8 Å². The Kier molecular flexibility index (Phi) is 7.77. The van der Waals surface area contributed by atoms with Crippen LogP contribution in [-0.2, 0) is 31.8 Å². The summed E-state index contributed by atoms with van der Waals surface area (Å²) < 4.78 is 15.7. The molecule has 0 radical (unpaired) electrons. The molecule has 5 rings (SSSR count). The number of aromatic nitrogens is 1. The highest BCUT2D eigenvalue weighted by molar-refractivity contribution is 7.82. The minimum atomic E-state index is -1.80. The van der Waals surface area contributed by atoms with Gasteiger partial charge in [-0.3, -0.25) is 19.4 Å². The normalized spacial score (nSPS) is 24.9. The maximum Gasteiger partial charge on any atom is 0.248 e. The van der Waals surface area contributed by atoms with Crippen molar-refractivity contribution in [1.29, 1.82) is 0 Å². The number of hydrogen-bond acceptors (Lipinski definition) is 5. The summed E-state index contributed by atoms with van der Waals surface area (Å²) in [5, 5.41) is 3.51. The summed E-state index contributed by atoms with van der Waals surface area (Å²) in [5.74, 6) is -0.854. The summed E-state index contributed by atoms with van der Waals surface area (Å²) in [6.45, 7) is 4.02. The Morgan fingerprint density at radius 3 is 2.45 bits per heavy atom. The first-order valence-corrected chi connectivity index (χ1v) is 14.5. The second-order valence-corrected chi connectivity index (χ2v) is 12.4. The lowest BCUT2D eigenvalue weighted by molar-refractivity contribution is -0.169. The molecule has 2 aromatic rings. The molecule has 38 heavy (non-hydrogen) atoms. The third-order valence-corrected chi connectivity index (χ3v) is 9.40. The highest BCUT2D eigenvalue weighted by Crippen LogP contribution is 2.34. The highest BCUT2D eigenvalue weighted by atomic mass is 35.5. The Balaban J connectivity index is 1.56. The number of amides is 3. The largest absolute Gasteiger partial charge is 0.343 e. The number of nitrogens with one attached hydrogen (secondary N) is 1. The summed E-state index contributed by atoms with van der Waals surface area (Å²) in [4.78, 5) is 48.0. The number of nitrogens with zero attached hydrogens (tertiary/aromatic N) is 4. The summed E-state index contributed by atoms with van der Waals surface area (Å²) in [6, 6.07) is 6.41. The highest BCUT2D eigenvalue weighted by Gasteiger charge is 2.53. The topological polar surface area (TPSA) is 103 Å². The van der Waals surface area contributed by atoms with Crippen LogP contribution in [0.5, 0.6) is 0 Å². The van der Waals surface area contributed by atoms with Crippen molar-refractivity contribution in [2.24, 2.45) is 5.92 Å². The summed E-state index contributed by atoms with van der Waals surface area (Å²) in [7, 11) is -1.80. The van der Waals surface area contributed by atoms with Gasteiger partial charge in [0.15, 0.2) is 0 Å². The first-order valence-electron chi connectivity index (χ1n) is 12.6. The fourth-order valence-electron chi connectivity index (χ4n) is 5.02. The number of carbonyl (C=O) groups is 3. The Hall–Kier alpha value is -2.53. The van der Waals surface area contributed by atoms with Crippen LogP contribution in [0.3, 0.4) is 0 Å². The maximum absolute atomic E-state index is 14.0. The molecular formula is C26H29Cl2N5O4S. The quantitative estimate of drug-likeness (QED) is 0.545. The third kappa shape index (κ3) is 5.32. The Morgan fingerprint density at radius 1 is 1.11 bits per heavy atom. The van der Waals surface area contributed by atoms with E-state index in [9.17, 15) is 18.6 Å². The zero-order chi connectivity index (χ0) is 27.1. The molecule has 0 spiro atoms. The molecule has 4 atom stereocenters. The predicted octanol–water partition coefficient (Wildman–Crippen LogP) is 2.64. The van der Waals surface area contributed by atoms with Gasteiger partial charge in [0.2, 0.25) is 17.7 Å². The van der Waals surface area contributed by atoms with Crippen molar-refractivity contribution in [3.8, 4) is 0 Å². The van der Waals surface area contributed by atoms with Crippen LogP contribution in [0.4, 0.5) is 0 Å². The summed E-state index contributed by atoms with van der Waals surface area (Å²) in [6.07, 6.45) is 4.42. The summed E-state index contributed by atoms with van der Waals surface area (Å²) >= 11 is 12.5. The molecule has 3 heterocycles. The van der Waals surface area contributed by atoms with Crippen molar-refractivity contribution >= 4 is 51.9 Å². The molecule has 202 valence electrons. The van der Waals surface area contributed by atoms with Gasteiger partial charge in [0.25, 0.3) is 0 Å². The molecule has 1 aromatic carbocycles. The van der Waals surface area contributed by atoms with Crippen molar-refractivity contribution in [1.82, 2.24) is 24.4 Å². The van der Waals surface area contributed by atoms with Gasteiger partial charge in [0, 0.05) is 42.3 Å². The number of pyridine rings is 1. The van der Waals surface area contributed by atoms with E-state index in [0.29, 0.717) is 9.92 Å². The Bertz CT molecular complexity index is 1280. The minimum absolute atomic E-state index is 0.0200. The monoisotopic (exact) mass is 577 g/mol. The second kappa shape index (κ2) is 10.9. The first kappa shape index (κ1) is 27.1. The molecule has 1 aliphatic carbocycles. The third-order valence-electron chi connectivity index (χ3n) is 7.19. The van der Waals surface area contributed by atoms with E-state index in [1.165, 1.54) is 11.0 Å². The molecule has 0 bridgehead atoms. The van der Waals surface area contributed by atoms with E-state index < -0.39 is 29.2 Å². The molecular weight excluding hydrogens is 549 g/mol. The fraction of sp³-hybridized carbons (Fsp3) is 0.462. The molecule has 9 nitrogen and oxygen atoms in total. The Labute approximate surface area is 234 Å². The zero-order valence-electron chi connectivity index (χ0n) is 21.0. The van der Waals surface area contributed by atoms with Crippen LogP contribution in [0.1, 0.15) is 32.3 Å². The van der Waals surface area contributed by atoms with Crippen LogP contribution < -0.4 is 5.32 Å². The van der Waals surface area contributed by atoms with E-state index in [0.717, 1.165) is 18.4 Å². The van der Waals surface area contributed by atoms with E-state index in [1.54, 1.807) is 45.9 Å². The van der Waals surface area contributed by atoms with E-state index in [2.05, 4.69) is 10.3 Å². The molecule has 2 saturated heterocycles. The average Bonchev–Trinajstić information content (AvgIpc) is 3.73. The van der Waals surface area contributed by atoms with Gasteiger partial charge in [-0.25, -0.2) is 4.21 Å². The maximum atomic E-state index is 14.0. The average molecular weight is 579 g/mol. The molecule has 4 unspecified atom stereocenters. The van der Waals surface area contributed by atoms with Crippen LogP contribution in [0, 0.1) is 5.92 Å². The second-order valence-electron chi connectivity index (χ2n) is 10.1. The van der Waals surface area contributed by atoms with Gasteiger partial charge in [-0.2, -0.15) is 4.31 Å². The summed E-state index contributed by atoms with van der Waals surface area (Å²) in [5.41, 5.74) is 0.841. The molecule has 3 aliphatic rings. The van der Waals surface area contributed by atoms with E-state index in [4.69, 9.17) is 23.2 Å². The number of fused-ring (bicyclic) bond motifs is 1. The standard InChI is InChI=1S/C26H29Cl2N5O4S/c1-15(2)31-14-23-32(38(37)22-6-5-18(27)12-19(22)28)13-20(30-24(34)17-3-4-17)25(35)33(23)21(26(31)36)11-16-7-9-29-10-8-16/h5-10,12,15,17,20-21,23H,3-4,11,13-14H2,1-2H3,(H,30,34). The molecule has 3 fully saturated rings. The van der Waals surface area contributed by atoms with Crippen LogP contribution in [-0.4, -0.2) is 78.4 Å². The number of carbonyl (C=O) groups excluding carboxylic acids is 3. The van der Waals surface area contributed by atoms with Crippen molar-refractivity contribution in [2.45, 2.75) is 62.3 Å². The number of halogens is 2. The lowest BCUT2D eigenvalue weighted by Crippen LogP contribution is -2.76. The van der Waals surface area contributed by atoms with Gasteiger partial charge >= 0.3 is 0 Å². The molecule has 1 aromatic heterocycles. The van der Waals surface area contributed by atoms with Gasteiger partial charge in [-0.1, -0.05) is 23.2 Å². The van der Waals surface area contributed by atoms with Crippen LogP contribution in [0.25, 0.3) is 0 Å². The molecule has 2 aliphatic heterocycles. The lowest BCUT2D eigenvalue weighted by atomic mass is 9.96. The van der Waals surface area contributed by atoms with Gasteiger partial charge < -0.3 is 15.1 Å². The van der Waals surface area contributed by atoms with Crippen LogP contribution in [0.15, 0.2) is 47.6 Å². The molecule has 12 heteroatoms. The number of benzene rings is 1. The number of piperazine rings is 1. The molecule has 3 amide bonds. The Morgan fingerprint density at radius 2 is 1.82 bits per heavy atom. The number of rotatable bonds is 7. The SMILES string of the molecule is CC(C)N1CC2N(C(=O)C(NC(=O)C3CC3)CN2S(=O)c2ccc(Cl)cc2Cl)C(Cc2ccncc2)C1=O. The molecule has 1 saturated carbocycles. The molecule has 1 N–H and O–H groups in total. The van der Waals surface area contributed by atoms with Crippen molar-refractivity contribution < 1.29 is 18.6 Å². The first-order chi connectivity index (χ1) is 18.2. The lowest BCUT2D eigenvalue weighted by Gasteiger charge is -2.54. The van der Waals surface area contributed by atoms with Gasteiger partial charge in [0.05, 0.1) is 16.5 Å². The smallest absolute Gasteiger partial charge is 0.248 e. The number of hydrogen-bond donors (Lipinski definition) is 1. The van der Waals surface area contributed by atoms with Gasteiger partial charge in [-0.05, 0) is 62.6 Å². The van der Waals surface area contributed by atoms with Crippen molar-refractivity contribution in [3.63, 3.8) is 0 Å². The predicted molar refractivity (Wildman–Crippen MR) is 143 cm³/mol. The van der Waals surface area contributed by atoms with Crippen LogP contribution >= 0.6 is 23.2 Å². The van der Waals surface area contributed by atoms with Crippen LogP contribution in [0.2, 0.25) is 10.0 Å². The minimum Gasteiger partial charge on any atom is -0.343 e. The fourth-order valence-corrected chi connectivity index (χ4v) is 6.96. The van der Waals surface area contributed by atoms with Crippen molar-refractivity contribution in [2.75, 3.05) is 13.1 Å². The van der Waals surface area contributed by atoms with Gasteiger partial charge in [0.1, 0.15) is 29.2 Å². The van der Waals surface area contributed by atoms with Gasteiger partial charge in [-0.15, -0.1) is 0 Å². The zero-order valence-corrected chi connectivity index (χ0v) is 23.4. The van der Waals surface area contributed by atoms with E-state index in [-0.39, 0.29) is 54.2 Å². The van der Waals surface area contributed by atoms with Crippen molar-refractivity contribution in [3.05, 3.63) is 58.3 Å².